The predicted octanol–water partition coefficient (Wildman–Crippen LogP) is 1.93. The molecule has 0 radical (unpaired) electrons. The Morgan fingerprint density at radius 1 is 1.19 bits per heavy atom. The molecule has 1 aromatic carbocycles. The molecule has 16 heavy (non-hydrogen) atoms. The van der Waals surface area contributed by atoms with Crippen LogP contribution in [0, 0.1) is 0 Å². The predicted molar refractivity (Wildman–Crippen MR) is 61.2 cm³/mol. The van der Waals surface area contributed by atoms with Crippen molar-refractivity contribution in [2.75, 3.05) is 0 Å². The minimum atomic E-state index is -0.590. The third kappa shape index (κ3) is 1.85. The highest BCUT2D eigenvalue weighted by atomic mass is 16.2. The largest absolute Gasteiger partial charge is 0.340 e. The third-order valence-electron chi connectivity index (χ3n) is 3.27. The standard InChI is InChI=1S/C13H15NO2/c1-10(15)13(8-5-9-13)14-12(16)11-6-3-2-4-7-11/h2-4,6-7H,5,8-9H2,1H3,(H,14,16). The Balaban J connectivity index is 2.10. The molecule has 2 rings (SSSR count). The fraction of sp³-hybridized carbons (Fsp3) is 0.385. The number of carbonyl (C=O) groups excluding carboxylic acids is 2. The molecule has 1 amide bonds. The van der Waals surface area contributed by atoms with E-state index in [9.17, 15) is 9.59 Å². The molecule has 1 aliphatic rings. The van der Waals surface area contributed by atoms with Gasteiger partial charge in [0, 0.05) is 5.56 Å². The molecular weight excluding hydrogens is 202 g/mol. The Hall–Kier alpha value is -1.64. The highest BCUT2D eigenvalue weighted by Gasteiger charge is 2.42. The molecule has 1 aromatic rings. The highest BCUT2D eigenvalue weighted by molar-refractivity contribution is 5.99. The number of carbonyl (C=O) groups is 2. The molecule has 0 bridgehead atoms. The van der Waals surface area contributed by atoms with Crippen LogP contribution in [0.15, 0.2) is 30.3 Å². The number of ketones is 1. The molecule has 1 N–H and O–H groups in total. The van der Waals surface area contributed by atoms with E-state index in [0.717, 1.165) is 19.3 Å². The molecule has 1 fully saturated rings. The van der Waals surface area contributed by atoms with E-state index in [2.05, 4.69) is 5.32 Å². The van der Waals surface area contributed by atoms with Gasteiger partial charge in [0.2, 0.25) is 0 Å². The van der Waals surface area contributed by atoms with Crippen molar-refractivity contribution in [2.45, 2.75) is 31.7 Å². The summed E-state index contributed by atoms with van der Waals surface area (Å²) in [6.45, 7) is 1.55. The number of rotatable bonds is 3. The van der Waals surface area contributed by atoms with Crippen LogP contribution < -0.4 is 5.32 Å². The van der Waals surface area contributed by atoms with Crippen molar-refractivity contribution in [1.29, 1.82) is 0 Å². The first kappa shape index (κ1) is 10.9. The highest BCUT2D eigenvalue weighted by Crippen LogP contribution is 2.32. The van der Waals surface area contributed by atoms with Crippen LogP contribution in [0.3, 0.4) is 0 Å². The fourth-order valence-corrected chi connectivity index (χ4v) is 1.97. The average Bonchev–Trinajstić information content (AvgIpc) is 2.24. The smallest absolute Gasteiger partial charge is 0.252 e. The van der Waals surface area contributed by atoms with Crippen molar-refractivity contribution >= 4 is 11.7 Å². The van der Waals surface area contributed by atoms with Crippen molar-refractivity contribution in [3.63, 3.8) is 0 Å². The van der Waals surface area contributed by atoms with E-state index in [1.807, 2.05) is 18.2 Å². The van der Waals surface area contributed by atoms with Gasteiger partial charge < -0.3 is 5.32 Å². The van der Waals surface area contributed by atoms with Crippen LogP contribution in [0.1, 0.15) is 36.5 Å². The van der Waals surface area contributed by atoms with Gasteiger partial charge in [-0.25, -0.2) is 0 Å². The van der Waals surface area contributed by atoms with Gasteiger partial charge in [-0.1, -0.05) is 18.2 Å². The van der Waals surface area contributed by atoms with Gasteiger partial charge in [0.15, 0.2) is 5.78 Å². The van der Waals surface area contributed by atoms with E-state index in [1.165, 1.54) is 0 Å². The Morgan fingerprint density at radius 2 is 1.81 bits per heavy atom. The summed E-state index contributed by atoms with van der Waals surface area (Å²) in [4.78, 5) is 23.4. The molecular formula is C13H15NO2. The molecule has 3 nitrogen and oxygen atoms in total. The summed E-state index contributed by atoms with van der Waals surface area (Å²) in [5.74, 6) is -0.0986. The maximum absolute atomic E-state index is 11.9. The van der Waals surface area contributed by atoms with E-state index in [1.54, 1.807) is 19.1 Å². The maximum atomic E-state index is 11.9. The molecule has 3 heteroatoms. The summed E-state index contributed by atoms with van der Waals surface area (Å²) in [5.41, 5.74) is 0.0162. The number of Topliss-reactive ketones (excluding diaryl/α,β-unsaturated/α-hetero) is 1. The SMILES string of the molecule is CC(=O)C1(NC(=O)c2ccccc2)CCC1. The van der Waals surface area contributed by atoms with E-state index in [-0.39, 0.29) is 11.7 Å². The average molecular weight is 217 g/mol. The summed E-state index contributed by atoms with van der Waals surface area (Å²) < 4.78 is 0. The number of amides is 1. The fourth-order valence-electron chi connectivity index (χ4n) is 1.97. The maximum Gasteiger partial charge on any atom is 0.252 e. The number of nitrogens with one attached hydrogen (secondary N) is 1. The molecule has 0 spiro atoms. The first-order valence-corrected chi connectivity index (χ1v) is 5.53. The van der Waals surface area contributed by atoms with E-state index < -0.39 is 5.54 Å². The second kappa shape index (κ2) is 4.08. The van der Waals surface area contributed by atoms with Crippen molar-refractivity contribution in [3.8, 4) is 0 Å². The lowest BCUT2D eigenvalue weighted by molar-refractivity contribution is -0.126. The topological polar surface area (TPSA) is 46.2 Å². The molecule has 0 atom stereocenters. The van der Waals surface area contributed by atoms with Crippen LogP contribution in [0.2, 0.25) is 0 Å². The van der Waals surface area contributed by atoms with Gasteiger partial charge in [0.25, 0.3) is 5.91 Å². The van der Waals surface area contributed by atoms with Crippen molar-refractivity contribution in [3.05, 3.63) is 35.9 Å². The number of hydrogen-bond acceptors (Lipinski definition) is 2. The Labute approximate surface area is 94.9 Å². The summed E-state index contributed by atoms with van der Waals surface area (Å²) in [6.07, 6.45) is 2.54. The van der Waals surface area contributed by atoms with Crippen LogP contribution in [-0.2, 0) is 4.79 Å². The van der Waals surface area contributed by atoms with Crippen LogP contribution in [0.5, 0.6) is 0 Å². The number of benzene rings is 1. The molecule has 0 saturated heterocycles. The van der Waals surface area contributed by atoms with Crippen molar-refractivity contribution in [2.24, 2.45) is 0 Å². The van der Waals surface area contributed by atoms with Crippen LogP contribution in [-0.4, -0.2) is 17.2 Å². The first-order valence-electron chi connectivity index (χ1n) is 5.53. The molecule has 84 valence electrons. The van der Waals surface area contributed by atoms with Crippen LogP contribution in [0.25, 0.3) is 0 Å². The van der Waals surface area contributed by atoms with Gasteiger partial charge in [-0.2, -0.15) is 0 Å². The van der Waals surface area contributed by atoms with E-state index in [4.69, 9.17) is 0 Å². The van der Waals surface area contributed by atoms with Crippen LogP contribution in [0.4, 0.5) is 0 Å². The van der Waals surface area contributed by atoms with Gasteiger partial charge in [-0.05, 0) is 38.3 Å². The van der Waals surface area contributed by atoms with E-state index >= 15 is 0 Å². The van der Waals surface area contributed by atoms with Gasteiger partial charge in [-0.3, -0.25) is 9.59 Å². The molecule has 1 aliphatic carbocycles. The molecule has 1 saturated carbocycles. The monoisotopic (exact) mass is 217 g/mol. The summed E-state index contributed by atoms with van der Waals surface area (Å²) >= 11 is 0. The lowest BCUT2D eigenvalue weighted by atomic mass is 9.74. The van der Waals surface area contributed by atoms with Gasteiger partial charge in [0.1, 0.15) is 0 Å². The van der Waals surface area contributed by atoms with E-state index in [0.29, 0.717) is 5.56 Å². The van der Waals surface area contributed by atoms with Gasteiger partial charge in [0.05, 0.1) is 5.54 Å². The van der Waals surface area contributed by atoms with Gasteiger partial charge >= 0.3 is 0 Å². The quantitative estimate of drug-likeness (QED) is 0.840. The Morgan fingerprint density at radius 3 is 2.25 bits per heavy atom. The zero-order chi connectivity index (χ0) is 11.6. The number of hydrogen-bond donors (Lipinski definition) is 1. The summed E-state index contributed by atoms with van der Waals surface area (Å²) in [5, 5.41) is 2.86. The van der Waals surface area contributed by atoms with Crippen molar-refractivity contribution < 1.29 is 9.59 Å². The minimum Gasteiger partial charge on any atom is -0.340 e. The van der Waals surface area contributed by atoms with Crippen molar-refractivity contribution in [1.82, 2.24) is 5.32 Å². The third-order valence-corrected chi connectivity index (χ3v) is 3.27. The second-order valence-electron chi connectivity index (χ2n) is 4.31. The molecule has 0 aromatic heterocycles. The Bertz CT molecular complexity index is 407. The molecule has 0 heterocycles. The second-order valence-corrected chi connectivity index (χ2v) is 4.31. The summed E-state index contributed by atoms with van der Waals surface area (Å²) in [6, 6.07) is 9.00. The lowest BCUT2D eigenvalue weighted by Crippen LogP contribution is -2.58. The minimum absolute atomic E-state index is 0.0584. The summed E-state index contributed by atoms with van der Waals surface area (Å²) in [7, 11) is 0. The van der Waals surface area contributed by atoms with Gasteiger partial charge in [-0.15, -0.1) is 0 Å². The first-order chi connectivity index (χ1) is 7.64. The zero-order valence-electron chi connectivity index (χ0n) is 9.32. The molecule has 0 aliphatic heterocycles. The Kier molecular flexibility index (Phi) is 2.77. The van der Waals surface area contributed by atoms with Crippen LogP contribution >= 0.6 is 0 Å². The normalized spacial score (nSPS) is 17.3. The lowest BCUT2D eigenvalue weighted by Gasteiger charge is -2.40. The zero-order valence-corrected chi connectivity index (χ0v) is 9.32. The molecule has 0 unspecified atom stereocenters.